The van der Waals surface area contributed by atoms with Gasteiger partial charge in [0.25, 0.3) is 11.8 Å². The first-order chi connectivity index (χ1) is 13.9. The van der Waals surface area contributed by atoms with Crippen LogP contribution in [0.15, 0.2) is 48.5 Å². The van der Waals surface area contributed by atoms with Crippen molar-refractivity contribution < 1.29 is 9.59 Å². The molecule has 0 saturated heterocycles. The third-order valence-electron chi connectivity index (χ3n) is 4.95. The van der Waals surface area contributed by atoms with Crippen LogP contribution < -0.4 is 16.0 Å². The Balaban J connectivity index is 1.49. The molecule has 2 aromatic carbocycles. The average molecular weight is 390 g/mol. The molecular weight excluding hydrogens is 368 g/mol. The van der Waals surface area contributed by atoms with E-state index in [2.05, 4.69) is 15.5 Å². The number of rotatable bonds is 4. The normalized spacial score (nSPS) is 12.6. The standard InChI is InChI=1S/C21H22N6O2/c1-26(2)16-5-3-4-14(10-16)21(29)27-11-17-18(12-27)24-25-19(17)23-20(28)13-6-8-15(22)9-7-13/h3-10H,11-12,22H2,1-2H3,(H2,23,24,25,28). The van der Waals surface area contributed by atoms with Crippen molar-refractivity contribution in [3.63, 3.8) is 0 Å². The Kier molecular flexibility index (Phi) is 4.67. The molecule has 8 nitrogen and oxygen atoms in total. The number of fused-ring (bicyclic) bond motifs is 1. The molecule has 0 fully saturated rings. The summed E-state index contributed by atoms with van der Waals surface area (Å²) in [6.07, 6.45) is 0. The Morgan fingerprint density at radius 3 is 2.59 bits per heavy atom. The number of nitrogens with one attached hydrogen (secondary N) is 2. The fraction of sp³-hybridized carbons (Fsp3) is 0.190. The highest BCUT2D eigenvalue weighted by molar-refractivity contribution is 6.04. The lowest BCUT2D eigenvalue weighted by Gasteiger charge is -2.18. The van der Waals surface area contributed by atoms with E-state index in [1.54, 1.807) is 29.2 Å². The Morgan fingerprint density at radius 2 is 1.86 bits per heavy atom. The fourth-order valence-electron chi connectivity index (χ4n) is 3.30. The van der Waals surface area contributed by atoms with Crippen molar-refractivity contribution in [2.45, 2.75) is 13.1 Å². The molecule has 1 aliphatic heterocycles. The van der Waals surface area contributed by atoms with E-state index in [-0.39, 0.29) is 11.8 Å². The maximum Gasteiger partial charge on any atom is 0.256 e. The number of hydrogen-bond donors (Lipinski definition) is 3. The lowest BCUT2D eigenvalue weighted by Crippen LogP contribution is -2.26. The van der Waals surface area contributed by atoms with Crippen molar-refractivity contribution in [1.82, 2.24) is 15.1 Å². The van der Waals surface area contributed by atoms with E-state index in [1.807, 2.05) is 43.3 Å². The lowest BCUT2D eigenvalue weighted by molar-refractivity contribution is 0.0750. The number of carbonyl (C=O) groups is 2. The minimum Gasteiger partial charge on any atom is -0.399 e. The highest BCUT2D eigenvalue weighted by atomic mass is 16.2. The van der Waals surface area contributed by atoms with Crippen LogP contribution in [0.5, 0.6) is 0 Å². The van der Waals surface area contributed by atoms with Crippen LogP contribution in [0.25, 0.3) is 0 Å². The topological polar surface area (TPSA) is 107 Å². The smallest absolute Gasteiger partial charge is 0.256 e. The van der Waals surface area contributed by atoms with Crippen LogP contribution in [0.4, 0.5) is 17.2 Å². The third kappa shape index (κ3) is 3.64. The summed E-state index contributed by atoms with van der Waals surface area (Å²) >= 11 is 0. The van der Waals surface area contributed by atoms with Gasteiger partial charge in [-0.2, -0.15) is 5.10 Å². The molecule has 2 heterocycles. The van der Waals surface area contributed by atoms with Crippen LogP contribution in [-0.4, -0.2) is 41.0 Å². The molecule has 0 saturated carbocycles. The molecule has 4 N–H and O–H groups in total. The molecule has 3 aromatic rings. The molecule has 2 amide bonds. The zero-order valence-corrected chi connectivity index (χ0v) is 16.3. The van der Waals surface area contributed by atoms with Crippen molar-refractivity contribution in [1.29, 1.82) is 0 Å². The van der Waals surface area contributed by atoms with Gasteiger partial charge < -0.3 is 20.9 Å². The number of nitrogens with two attached hydrogens (primary N) is 1. The predicted octanol–water partition coefficient (Wildman–Crippen LogP) is 2.47. The van der Waals surface area contributed by atoms with Gasteiger partial charge in [0.05, 0.1) is 18.8 Å². The second-order valence-corrected chi connectivity index (χ2v) is 7.21. The number of aromatic nitrogens is 2. The molecule has 0 radical (unpaired) electrons. The van der Waals surface area contributed by atoms with Gasteiger partial charge in [-0.05, 0) is 42.5 Å². The maximum absolute atomic E-state index is 12.9. The van der Waals surface area contributed by atoms with Gasteiger partial charge in [-0.1, -0.05) is 6.07 Å². The molecule has 0 spiro atoms. The number of benzene rings is 2. The van der Waals surface area contributed by atoms with Crippen LogP contribution in [-0.2, 0) is 13.1 Å². The Morgan fingerprint density at radius 1 is 1.10 bits per heavy atom. The number of carbonyl (C=O) groups excluding carboxylic acids is 2. The highest BCUT2D eigenvalue weighted by Crippen LogP contribution is 2.29. The first-order valence-electron chi connectivity index (χ1n) is 9.22. The summed E-state index contributed by atoms with van der Waals surface area (Å²) in [5.41, 5.74) is 9.99. The van der Waals surface area contributed by atoms with Gasteiger partial charge in [0.2, 0.25) is 0 Å². The van der Waals surface area contributed by atoms with Crippen molar-refractivity contribution in [3.8, 4) is 0 Å². The zero-order chi connectivity index (χ0) is 20.5. The van der Waals surface area contributed by atoms with Gasteiger partial charge in [-0.15, -0.1) is 0 Å². The Labute approximate surface area is 168 Å². The van der Waals surface area contributed by atoms with Gasteiger partial charge in [-0.25, -0.2) is 0 Å². The Bertz CT molecular complexity index is 1070. The molecule has 0 bridgehead atoms. The number of hydrogen-bond acceptors (Lipinski definition) is 5. The van der Waals surface area contributed by atoms with Gasteiger partial charge in [0.15, 0.2) is 5.82 Å². The quantitative estimate of drug-likeness (QED) is 0.593. The van der Waals surface area contributed by atoms with E-state index in [9.17, 15) is 9.59 Å². The minimum absolute atomic E-state index is 0.0610. The lowest BCUT2D eigenvalue weighted by atomic mass is 10.1. The van der Waals surface area contributed by atoms with Crippen LogP contribution in [0.3, 0.4) is 0 Å². The van der Waals surface area contributed by atoms with E-state index < -0.39 is 0 Å². The monoisotopic (exact) mass is 390 g/mol. The highest BCUT2D eigenvalue weighted by Gasteiger charge is 2.29. The van der Waals surface area contributed by atoms with E-state index in [1.165, 1.54) is 0 Å². The van der Waals surface area contributed by atoms with Gasteiger partial charge in [0.1, 0.15) is 0 Å². The molecular formula is C21H22N6O2. The summed E-state index contributed by atoms with van der Waals surface area (Å²) in [5.74, 6) is 0.107. The van der Waals surface area contributed by atoms with Crippen LogP contribution >= 0.6 is 0 Å². The summed E-state index contributed by atoms with van der Waals surface area (Å²) in [7, 11) is 3.87. The van der Waals surface area contributed by atoms with Gasteiger partial charge >= 0.3 is 0 Å². The first-order valence-corrected chi connectivity index (χ1v) is 9.22. The largest absolute Gasteiger partial charge is 0.399 e. The van der Waals surface area contributed by atoms with E-state index in [0.29, 0.717) is 35.7 Å². The second kappa shape index (κ2) is 7.31. The predicted molar refractivity (Wildman–Crippen MR) is 112 cm³/mol. The molecule has 29 heavy (non-hydrogen) atoms. The summed E-state index contributed by atoms with van der Waals surface area (Å²) in [5, 5.41) is 9.94. The second-order valence-electron chi connectivity index (χ2n) is 7.21. The number of amides is 2. The molecule has 0 aliphatic carbocycles. The summed E-state index contributed by atoms with van der Waals surface area (Å²) in [4.78, 5) is 29.1. The average Bonchev–Trinajstić information content (AvgIpc) is 3.30. The third-order valence-corrected chi connectivity index (χ3v) is 4.95. The van der Waals surface area contributed by atoms with Crippen molar-refractivity contribution in [2.75, 3.05) is 30.0 Å². The number of anilines is 3. The van der Waals surface area contributed by atoms with Crippen molar-refractivity contribution >= 4 is 29.0 Å². The van der Waals surface area contributed by atoms with Gasteiger partial charge in [0, 0.05) is 42.2 Å². The molecule has 0 atom stereocenters. The van der Waals surface area contributed by atoms with Crippen LogP contribution in [0.2, 0.25) is 0 Å². The van der Waals surface area contributed by atoms with Crippen molar-refractivity contribution in [3.05, 3.63) is 70.9 Å². The molecule has 8 heteroatoms. The summed E-state index contributed by atoms with van der Waals surface area (Å²) in [6.45, 7) is 0.805. The molecule has 4 rings (SSSR count). The van der Waals surface area contributed by atoms with Crippen LogP contribution in [0.1, 0.15) is 32.0 Å². The molecule has 148 valence electrons. The summed E-state index contributed by atoms with van der Waals surface area (Å²) in [6, 6.07) is 14.2. The number of aromatic amines is 1. The van der Waals surface area contributed by atoms with Crippen molar-refractivity contribution in [2.24, 2.45) is 0 Å². The van der Waals surface area contributed by atoms with E-state index >= 15 is 0 Å². The SMILES string of the molecule is CN(C)c1cccc(C(=O)N2Cc3[nH]nc(NC(=O)c4ccc(N)cc4)c3C2)c1. The van der Waals surface area contributed by atoms with E-state index in [0.717, 1.165) is 16.9 Å². The first kappa shape index (κ1) is 18.5. The van der Waals surface area contributed by atoms with Crippen LogP contribution in [0, 0.1) is 0 Å². The number of nitrogens with zero attached hydrogens (tertiary/aromatic N) is 3. The summed E-state index contributed by atoms with van der Waals surface area (Å²) < 4.78 is 0. The minimum atomic E-state index is -0.275. The zero-order valence-electron chi connectivity index (χ0n) is 16.3. The number of H-pyrrole nitrogens is 1. The molecule has 0 unspecified atom stereocenters. The van der Waals surface area contributed by atoms with Gasteiger partial charge in [-0.3, -0.25) is 14.7 Å². The molecule has 1 aliphatic rings. The maximum atomic E-state index is 12.9. The fourth-order valence-corrected chi connectivity index (χ4v) is 3.30. The Hall–Kier alpha value is -3.81. The number of nitrogen functional groups attached to an aromatic ring is 1. The van der Waals surface area contributed by atoms with E-state index in [4.69, 9.17) is 5.73 Å². The molecule has 1 aromatic heterocycles.